The van der Waals surface area contributed by atoms with E-state index in [2.05, 4.69) is 10.1 Å². The second-order valence-electron chi connectivity index (χ2n) is 5.77. The monoisotopic (exact) mass is 387 g/mol. The van der Waals surface area contributed by atoms with Gasteiger partial charge in [-0.05, 0) is 37.3 Å². The summed E-state index contributed by atoms with van der Waals surface area (Å²) in [4.78, 5) is 16.2. The van der Waals surface area contributed by atoms with E-state index in [1.165, 1.54) is 37.3 Å². The Morgan fingerprint density at radius 2 is 1.96 bits per heavy atom. The molecule has 0 spiro atoms. The molecule has 0 N–H and O–H groups in total. The second-order valence-corrected chi connectivity index (χ2v) is 5.77. The molecular formula is C19H12F3N3O3. The van der Waals surface area contributed by atoms with Gasteiger partial charge in [0.05, 0.1) is 22.8 Å². The number of nitriles is 1. The van der Waals surface area contributed by atoms with E-state index in [1.807, 2.05) is 6.07 Å². The van der Waals surface area contributed by atoms with Crippen molar-refractivity contribution in [1.29, 1.82) is 5.26 Å². The summed E-state index contributed by atoms with van der Waals surface area (Å²) in [6.07, 6.45) is -5.44. The Bertz CT molecular complexity index is 1050. The van der Waals surface area contributed by atoms with Crippen molar-refractivity contribution in [1.82, 2.24) is 10.1 Å². The number of carbonyl (C=O) groups is 1. The molecule has 0 radical (unpaired) electrons. The molecule has 0 amide bonds. The maximum Gasteiger partial charge on any atom is 0.416 e. The van der Waals surface area contributed by atoms with E-state index in [1.54, 1.807) is 6.07 Å². The quantitative estimate of drug-likeness (QED) is 0.611. The van der Waals surface area contributed by atoms with Crippen LogP contribution in [0.25, 0.3) is 11.4 Å². The van der Waals surface area contributed by atoms with Gasteiger partial charge in [-0.25, -0.2) is 4.79 Å². The van der Waals surface area contributed by atoms with Gasteiger partial charge in [-0.3, -0.25) is 0 Å². The Balaban J connectivity index is 1.76. The molecule has 0 saturated carbocycles. The first-order chi connectivity index (χ1) is 13.3. The fourth-order valence-corrected chi connectivity index (χ4v) is 2.35. The summed E-state index contributed by atoms with van der Waals surface area (Å²) in [7, 11) is 0. The number of aromatic nitrogens is 2. The van der Waals surface area contributed by atoms with E-state index < -0.39 is 23.8 Å². The van der Waals surface area contributed by atoms with Gasteiger partial charge in [-0.2, -0.15) is 23.4 Å². The minimum Gasteiger partial charge on any atom is -0.449 e. The van der Waals surface area contributed by atoms with Crippen LogP contribution in [0.4, 0.5) is 13.2 Å². The van der Waals surface area contributed by atoms with Crippen LogP contribution >= 0.6 is 0 Å². The molecule has 3 aromatic rings. The lowest BCUT2D eigenvalue weighted by molar-refractivity contribution is -0.137. The smallest absolute Gasteiger partial charge is 0.416 e. The van der Waals surface area contributed by atoms with Crippen molar-refractivity contribution >= 4 is 5.97 Å². The van der Waals surface area contributed by atoms with Crippen molar-refractivity contribution < 1.29 is 27.2 Å². The SMILES string of the molecule is CC(OC(=O)c1cccc(C#N)c1)c1nc(-c2cccc(C(F)(F)F)c2)no1. The number of alkyl halides is 3. The number of rotatable bonds is 4. The summed E-state index contributed by atoms with van der Waals surface area (Å²) in [5.74, 6) is -0.837. The summed E-state index contributed by atoms with van der Waals surface area (Å²) in [6.45, 7) is 1.48. The molecule has 2 aromatic carbocycles. The highest BCUT2D eigenvalue weighted by Crippen LogP contribution is 2.31. The number of hydrogen-bond acceptors (Lipinski definition) is 6. The average Bonchev–Trinajstić information content (AvgIpc) is 3.18. The molecule has 0 aliphatic rings. The van der Waals surface area contributed by atoms with Crippen molar-refractivity contribution in [2.45, 2.75) is 19.2 Å². The average molecular weight is 387 g/mol. The number of ether oxygens (including phenoxy) is 1. The Hall–Kier alpha value is -3.67. The number of nitrogens with zero attached hydrogens (tertiary/aromatic N) is 3. The molecule has 1 heterocycles. The summed E-state index contributed by atoms with van der Waals surface area (Å²) in [5, 5.41) is 12.5. The zero-order valence-electron chi connectivity index (χ0n) is 14.4. The number of hydrogen-bond donors (Lipinski definition) is 0. The lowest BCUT2D eigenvalue weighted by Gasteiger charge is -2.09. The number of carbonyl (C=O) groups excluding carboxylic acids is 1. The van der Waals surface area contributed by atoms with E-state index in [0.29, 0.717) is 5.56 Å². The molecule has 6 nitrogen and oxygen atoms in total. The molecular weight excluding hydrogens is 375 g/mol. The van der Waals surface area contributed by atoms with E-state index in [9.17, 15) is 18.0 Å². The van der Waals surface area contributed by atoms with Gasteiger partial charge in [0.25, 0.3) is 5.89 Å². The van der Waals surface area contributed by atoms with Crippen LogP contribution in [-0.4, -0.2) is 16.1 Å². The first kappa shape index (κ1) is 19.1. The molecule has 1 atom stereocenters. The maximum atomic E-state index is 12.8. The van der Waals surface area contributed by atoms with Gasteiger partial charge in [-0.1, -0.05) is 23.4 Å². The van der Waals surface area contributed by atoms with Crippen LogP contribution in [0.2, 0.25) is 0 Å². The highest BCUT2D eigenvalue weighted by Gasteiger charge is 2.31. The van der Waals surface area contributed by atoms with Crippen molar-refractivity contribution in [2.24, 2.45) is 0 Å². The van der Waals surface area contributed by atoms with Crippen LogP contribution in [0.15, 0.2) is 53.1 Å². The molecule has 1 unspecified atom stereocenters. The standard InChI is InChI=1S/C19H12F3N3O3/c1-11(27-18(26)14-6-2-4-12(8-14)10-23)17-24-16(25-28-17)13-5-3-7-15(9-13)19(20,21)22/h2-9,11H,1H3. The van der Waals surface area contributed by atoms with Gasteiger partial charge in [0.1, 0.15) is 0 Å². The topological polar surface area (TPSA) is 89.0 Å². The highest BCUT2D eigenvalue weighted by molar-refractivity contribution is 5.89. The molecule has 0 aliphatic heterocycles. The van der Waals surface area contributed by atoms with Crippen LogP contribution in [0.3, 0.4) is 0 Å². The van der Waals surface area contributed by atoms with Crippen LogP contribution in [-0.2, 0) is 10.9 Å². The van der Waals surface area contributed by atoms with E-state index in [4.69, 9.17) is 14.5 Å². The summed E-state index contributed by atoms with van der Waals surface area (Å²) in [5.41, 5.74) is -0.256. The van der Waals surface area contributed by atoms with Crippen LogP contribution in [0.1, 0.15) is 40.4 Å². The summed E-state index contributed by atoms with van der Waals surface area (Å²) in [6, 6.07) is 12.3. The molecule has 3 rings (SSSR count). The van der Waals surface area contributed by atoms with Gasteiger partial charge >= 0.3 is 12.1 Å². The fraction of sp³-hybridized carbons (Fsp3) is 0.158. The molecule has 1 aromatic heterocycles. The number of halogens is 3. The van der Waals surface area contributed by atoms with Gasteiger partial charge in [0, 0.05) is 5.56 Å². The zero-order valence-corrected chi connectivity index (χ0v) is 14.4. The van der Waals surface area contributed by atoms with Gasteiger partial charge in [0.15, 0.2) is 6.10 Å². The van der Waals surface area contributed by atoms with Crippen LogP contribution in [0, 0.1) is 11.3 Å². The third-order valence-corrected chi connectivity index (χ3v) is 3.75. The normalized spacial score (nSPS) is 12.2. The molecule has 9 heteroatoms. The highest BCUT2D eigenvalue weighted by atomic mass is 19.4. The maximum absolute atomic E-state index is 12.8. The van der Waals surface area contributed by atoms with E-state index in [-0.39, 0.29) is 22.8 Å². The molecule has 0 saturated heterocycles. The van der Waals surface area contributed by atoms with Gasteiger partial charge < -0.3 is 9.26 Å². The van der Waals surface area contributed by atoms with Gasteiger partial charge in [0.2, 0.25) is 5.82 Å². The minimum atomic E-state index is -4.50. The zero-order chi connectivity index (χ0) is 20.3. The number of benzene rings is 2. The first-order valence-corrected chi connectivity index (χ1v) is 8.00. The summed E-state index contributed by atoms with van der Waals surface area (Å²) < 4.78 is 48.7. The lowest BCUT2D eigenvalue weighted by Crippen LogP contribution is -2.09. The first-order valence-electron chi connectivity index (χ1n) is 8.00. The van der Waals surface area contributed by atoms with Gasteiger partial charge in [-0.15, -0.1) is 0 Å². The van der Waals surface area contributed by atoms with Crippen LogP contribution < -0.4 is 0 Å². The Morgan fingerprint density at radius 3 is 2.68 bits per heavy atom. The Labute approximate surface area is 157 Å². The van der Waals surface area contributed by atoms with Crippen molar-refractivity contribution in [3.05, 3.63) is 71.1 Å². The third kappa shape index (κ3) is 4.17. The third-order valence-electron chi connectivity index (χ3n) is 3.75. The molecule has 0 fully saturated rings. The molecule has 28 heavy (non-hydrogen) atoms. The van der Waals surface area contributed by atoms with Crippen molar-refractivity contribution in [3.63, 3.8) is 0 Å². The van der Waals surface area contributed by atoms with Crippen molar-refractivity contribution in [3.8, 4) is 17.5 Å². The van der Waals surface area contributed by atoms with Crippen molar-refractivity contribution in [2.75, 3.05) is 0 Å². The Kier molecular flexibility index (Phi) is 5.13. The fourth-order valence-electron chi connectivity index (χ4n) is 2.35. The van der Waals surface area contributed by atoms with Crippen LogP contribution in [0.5, 0.6) is 0 Å². The molecule has 0 bridgehead atoms. The largest absolute Gasteiger partial charge is 0.449 e. The molecule has 142 valence electrons. The number of esters is 1. The lowest BCUT2D eigenvalue weighted by atomic mass is 10.1. The molecule has 0 aliphatic carbocycles. The van der Waals surface area contributed by atoms with E-state index in [0.717, 1.165) is 12.1 Å². The van der Waals surface area contributed by atoms with E-state index >= 15 is 0 Å². The minimum absolute atomic E-state index is 0.0597. The predicted octanol–water partition coefficient (Wildman–Crippen LogP) is 4.55. The summed E-state index contributed by atoms with van der Waals surface area (Å²) >= 11 is 0. The Morgan fingerprint density at radius 1 is 1.21 bits per heavy atom. The predicted molar refractivity (Wildman–Crippen MR) is 89.7 cm³/mol. The second kappa shape index (κ2) is 7.52.